The normalized spacial score (nSPS) is 16.4. The Bertz CT molecular complexity index is 798. The van der Waals surface area contributed by atoms with E-state index in [0.29, 0.717) is 11.5 Å². The fraction of sp³-hybridized carbons (Fsp3) is 0.389. The lowest BCUT2D eigenvalue weighted by atomic mass is 9.78. The summed E-state index contributed by atoms with van der Waals surface area (Å²) in [5, 5.41) is 3.14. The largest absolute Gasteiger partial charge is 0.368 e. The molecule has 1 aliphatic rings. The van der Waals surface area contributed by atoms with Crippen LogP contribution in [0.1, 0.15) is 53.7 Å². The number of nitrogen functional groups attached to an aromatic ring is 1. The van der Waals surface area contributed by atoms with Gasteiger partial charge in [0.25, 0.3) is 5.91 Å². The van der Waals surface area contributed by atoms with Crippen LogP contribution in [0, 0.1) is 6.92 Å². The molecule has 0 radical (unpaired) electrons. The first-order valence-corrected chi connectivity index (χ1v) is 8.49. The van der Waals surface area contributed by atoms with Gasteiger partial charge in [-0.15, -0.1) is 0 Å². The average Bonchev–Trinajstić information content (AvgIpc) is 2.54. The molecule has 2 aromatic rings. The van der Waals surface area contributed by atoms with E-state index in [9.17, 15) is 4.79 Å². The zero-order valence-electron chi connectivity index (χ0n) is 14.4. The second-order valence-corrected chi connectivity index (χ2v) is 6.73. The van der Waals surface area contributed by atoms with Gasteiger partial charge >= 0.3 is 0 Å². The maximum absolute atomic E-state index is 12.2. The first kappa shape index (κ1) is 17.2. The van der Waals surface area contributed by atoms with Gasteiger partial charge in [-0.3, -0.25) is 4.79 Å². The number of nitrogens with zero attached hydrogens (tertiary/aromatic N) is 2. The quantitative estimate of drug-likeness (QED) is 0.675. The van der Waals surface area contributed by atoms with E-state index in [1.165, 1.54) is 0 Å². The summed E-state index contributed by atoms with van der Waals surface area (Å²) in [6.07, 6.45) is 4.58. The molecular weight excluding hydrogens is 316 g/mol. The van der Waals surface area contributed by atoms with Gasteiger partial charge in [-0.25, -0.2) is 4.98 Å². The molecule has 7 heteroatoms. The molecule has 1 aromatic heterocycles. The predicted octanol–water partition coefficient (Wildman–Crippen LogP) is 2.33. The Hall–Kier alpha value is -2.67. The van der Waals surface area contributed by atoms with Gasteiger partial charge in [-0.2, -0.15) is 4.98 Å². The maximum Gasteiger partial charge on any atom is 0.254 e. The van der Waals surface area contributed by atoms with Crippen LogP contribution in [0.2, 0.25) is 0 Å². The topological polar surface area (TPSA) is 133 Å². The van der Waals surface area contributed by atoms with Gasteiger partial charge in [0.2, 0.25) is 5.95 Å². The molecule has 7 N–H and O–H groups in total. The van der Waals surface area contributed by atoms with Crippen molar-refractivity contribution in [3.8, 4) is 0 Å². The van der Waals surface area contributed by atoms with Crippen molar-refractivity contribution in [2.24, 2.45) is 11.5 Å². The molecule has 0 saturated heterocycles. The van der Waals surface area contributed by atoms with Crippen LogP contribution in [-0.2, 0) is 5.54 Å². The summed E-state index contributed by atoms with van der Waals surface area (Å²) in [5.74, 6) is -0.234. The lowest BCUT2D eigenvalue weighted by Crippen LogP contribution is -2.42. The van der Waals surface area contributed by atoms with Crippen LogP contribution in [-0.4, -0.2) is 15.9 Å². The zero-order chi connectivity index (χ0) is 18.0. The third-order valence-corrected chi connectivity index (χ3v) is 4.67. The molecule has 1 aromatic carbocycles. The second kappa shape index (κ2) is 6.68. The van der Waals surface area contributed by atoms with E-state index in [1.54, 1.807) is 0 Å². The number of anilines is 3. The van der Waals surface area contributed by atoms with E-state index < -0.39 is 11.4 Å². The SMILES string of the molecule is Cc1cccc(Nc2nc(N)nc(C3(N)CCCCC3)c2C(N)=O)c1. The summed E-state index contributed by atoms with van der Waals surface area (Å²) >= 11 is 0. The van der Waals surface area contributed by atoms with Gasteiger partial charge in [0, 0.05) is 5.69 Å². The van der Waals surface area contributed by atoms with E-state index >= 15 is 0 Å². The van der Waals surface area contributed by atoms with Gasteiger partial charge in [-0.05, 0) is 37.5 Å². The number of nitrogens with one attached hydrogen (secondary N) is 1. The van der Waals surface area contributed by atoms with Gasteiger partial charge in [0.15, 0.2) is 0 Å². The number of aryl methyl sites for hydroxylation is 1. The highest BCUT2D eigenvalue weighted by molar-refractivity contribution is 6.00. The number of rotatable bonds is 4. The van der Waals surface area contributed by atoms with Crippen molar-refractivity contribution < 1.29 is 4.79 Å². The molecule has 0 unspecified atom stereocenters. The zero-order valence-corrected chi connectivity index (χ0v) is 14.4. The summed E-state index contributed by atoms with van der Waals surface area (Å²) in [5.41, 5.74) is 20.0. The van der Waals surface area contributed by atoms with E-state index in [4.69, 9.17) is 17.2 Å². The van der Waals surface area contributed by atoms with Crippen molar-refractivity contribution in [1.82, 2.24) is 9.97 Å². The smallest absolute Gasteiger partial charge is 0.254 e. The Labute approximate surface area is 147 Å². The molecule has 0 atom stereocenters. The van der Waals surface area contributed by atoms with Crippen molar-refractivity contribution in [3.63, 3.8) is 0 Å². The number of carbonyl (C=O) groups excluding carboxylic acids is 1. The molecule has 132 valence electrons. The third-order valence-electron chi connectivity index (χ3n) is 4.67. The number of carbonyl (C=O) groups is 1. The molecule has 0 spiro atoms. The molecule has 1 fully saturated rings. The molecule has 0 bridgehead atoms. The van der Waals surface area contributed by atoms with Crippen LogP contribution in [0.5, 0.6) is 0 Å². The van der Waals surface area contributed by atoms with Crippen molar-refractivity contribution in [2.45, 2.75) is 44.6 Å². The number of amides is 1. The van der Waals surface area contributed by atoms with Gasteiger partial charge in [0.1, 0.15) is 11.4 Å². The first-order valence-electron chi connectivity index (χ1n) is 8.49. The van der Waals surface area contributed by atoms with Gasteiger partial charge in [0.05, 0.1) is 11.2 Å². The fourth-order valence-electron chi connectivity index (χ4n) is 3.44. The van der Waals surface area contributed by atoms with E-state index in [-0.39, 0.29) is 11.5 Å². The van der Waals surface area contributed by atoms with Crippen LogP contribution < -0.4 is 22.5 Å². The number of primary amides is 1. The van der Waals surface area contributed by atoms with Gasteiger partial charge in [-0.1, -0.05) is 31.4 Å². The Morgan fingerprint density at radius 3 is 2.56 bits per heavy atom. The number of nitrogens with two attached hydrogens (primary N) is 3. The van der Waals surface area contributed by atoms with Crippen molar-refractivity contribution in [2.75, 3.05) is 11.1 Å². The summed E-state index contributed by atoms with van der Waals surface area (Å²) in [6, 6.07) is 7.73. The van der Waals surface area contributed by atoms with Crippen LogP contribution in [0.25, 0.3) is 0 Å². The number of aromatic nitrogens is 2. The Morgan fingerprint density at radius 2 is 1.92 bits per heavy atom. The van der Waals surface area contributed by atoms with Crippen LogP contribution >= 0.6 is 0 Å². The molecule has 1 aliphatic carbocycles. The Balaban J connectivity index is 2.10. The lowest BCUT2D eigenvalue weighted by Gasteiger charge is -2.34. The van der Waals surface area contributed by atoms with Crippen molar-refractivity contribution >= 4 is 23.4 Å². The minimum atomic E-state index is -0.706. The number of hydrogen-bond donors (Lipinski definition) is 4. The Kier molecular flexibility index (Phi) is 4.59. The molecule has 3 rings (SSSR count). The monoisotopic (exact) mass is 340 g/mol. The molecule has 1 saturated carbocycles. The molecular formula is C18H24N6O. The van der Waals surface area contributed by atoms with E-state index in [1.807, 2.05) is 31.2 Å². The molecule has 1 amide bonds. The van der Waals surface area contributed by atoms with Gasteiger partial charge < -0.3 is 22.5 Å². The maximum atomic E-state index is 12.2. The van der Waals surface area contributed by atoms with E-state index in [2.05, 4.69) is 15.3 Å². The highest BCUT2D eigenvalue weighted by Gasteiger charge is 2.36. The number of benzene rings is 1. The average molecular weight is 340 g/mol. The molecule has 1 heterocycles. The minimum Gasteiger partial charge on any atom is -0.368 e. The second-order valence-electron chi connectivity index (χ2n) is 6.73. The molecule has 0 aliphatic heterocycles. The highest BCUT2D eigenvalue weighted by atomic mass is 16.1. The standard InChI is InChI=1S/C18H24N6O/c1-11-6-5-7-12(10-11)22-16-13(15(19)25)14(23-17(20)24-16)18(21)8-3-2-4-9-18/h5-7,10H,2-4,8-9,21H2,1H3,(H2,19,25)(H3,20,22,23,24). The fourth-order valence-corrected chi connectivity index (χ4v) is 3.44. The summed E-state index contributed by atoms with van der Waals surface area (Å²) in [6.45, 7) is 1.98. The summed E-state index contributed by atoms with van der Waals surface area (Å²) in [7, 11) is 0. The lowest BCUT2D eigenvalue weighted by molar-refractivity contribution is 0.0996. The number of hydrogen-bond acceptors (Lipinski definition) is 6. The van der Waals surface area contributed by atoms with Crippen molar-refractivity contribution in [1.29, 1.82) is 0 Å². The summed E-state index contributed by atoms with van der Waals surface area (Å²) in [4.78, 5) is 20.7. The highest BCUT2D eigenvalue weighted by Crippen LogP contribution is 2.37. The van der Waals surface area contributed by atoms with Crippen molar-refractivity contribution in [3.05, 3.63) is 41.1 Å². The Morgan fingerprint density at radius 1 is 1.20 bits per heavy atom. The third kappa shape index (κ3) is 3.56. The van der Waals surface area contributed by atoms with Crippen LogP contribution in [0.15, 0.2) is 24.3 Å². The van der Waals surface area contributed by atoms with Crippen LogP contribution in [0.4, 0.5) is 17.5 Å². The minimum absolute atomic E-state index is 0.0746. The predicted molar refractivity (Wildman–Crippen MR) is 98.4 cm³/mol. The van der Waals surface area contributed by atoms with E-state index in [0.717, 1.165) is 43.4 Å². The summed E-state index contributed by atoms with van der Waals surface area (Å²) < 4.78 is 0. The molecule has 25 heavy (non-hydrogen) atoms. The molecule has 7 nitrogen and oxygen atoms in total. The first-order chi connectivity index (χ1) is 11.9. The van der Waals surface area contributed by atoms with Crippen LogP contribution in [0.3, 0.4) is 0 Å².